The maximum Gasteiger partial charge on any atom is 0.123 e. The molecule has 17 heavy (non-hydrogen) atoms. The lowest BCUT2D eigenvalue weighted by atomic mass is 10.2. The van der Waals surface area contributed by atoms with Crippen molar-refractivity contribution < 1.29 is 4.42 Å². The first-order valence-electron chi connectivity index (χ1n) is 5.76. The maximum absolute atomic E-state index is 5.65. The van der Waals surface area contributed by atoms with E-state index >= 15 is 0 Å². The number of aryl methyl sites for hydroxylation is 2. The van der Waals surface area contributed by atoms with Crippen molar-refractivity contribution in [2.24, 2.45) is 0 Å². The topological polar surface area (TPSA) is 25.2 Å². The zero-order valence-corrected chi connectivity index (χ0v) is 11.7. The molecule has 90 valence electrons. The van der Waals surface area contributed by atoms with Gasteiger partial charge in [0.1, 0.15) is 11.5 Å². The summed E-state index contributed by atoms with van der Waals surface area (Å²) in [6, 6.07) is 10.3. The Labute approximate surface area is 110 Å². The first-order valence-corrected chi connectivity index (χ1v) is 6.56. The van der Waals surface area contributed by atoms with Gasteiger partial charge in [-0.15, -0.1) is 0 Å². The van der Waals surface area contributed by atoms with Gasteiger partial charge in [-0.3, -0.25) is 0 Å². The minimum atomic E-state index is 0.710. The second-order valence-corrected chi connectivity index (χ2v) is 4.91. The molecular weight excluding hydrogens is 278 g/mol. The lowest BCUT2D eigenvalue weighted by molar-refractivity contribution is 0.476. The molecular formula is C14H16BrNO. The third-order valence-corrected chi connectivity index (χ3v) is 3.33. The van der Waals surface area contributed by atoms with Crippen LogP contribution in [0.25, 0.3) is 0 Å². The van der Waals surface area contributed by atoms with Crippen LogP contribution in [-0.4, -0.2) is 0 Å². The van der Waals surface area contributed by atoms with E-state index in [1.165, 1.54) is 5.56 Å². The molecule has 0 aliphatic rings. The minimum Gasteiger partial charge on any atom is -0.464 e. The third-order valence-electron chi connectivity index (χ3n) is 2.64. The van der Waals surface area contributed by atoms with E-state index in [4.69, 9.17) is 4.42 Å². The summed E-state index contributed by atoms with van der Waals surface area (Å²) in [5, 5.41) is 3.37. The predicted molar refractivity (Wildman–Crippen MR) is 74.3 cm³/mol. The van der Waals surface area contributed by atoms with Crippen molar-refractivity contribution in [1.29, 1.82) is 0 Å². The van der Waals surface area contributed by atoms with Gasteiger partial charge in [0, 0.05) is 16.6 Å². The van der Waals surface area contributed by atoms with E-state index in [9.17, 15) is 0 Å². The van der Waals surface area contributed by atoms with Gasteiger partial charge in [-0.1, -0.05) is 13.0 Å². The molecule has 0 saturated heterocycles. The summed E-state index contributed by atoms with van der Waals surface area (Å²) in [6.07, 6.45) is 0.939. The van der Waals surface area contributed by atoms with Crippen molar-refractivity contribution in [2.75, 3.05) is 5.32 Å². The highest BCUT2D eigenvalue weighted by molar-refractivity contribution is 9.10. The van der Waals surface area contributed by atoms with E-state index in [1.807, 2.05) is 12.1 Å². The summed E-state index contributed by atoms with van der Waals surface area (Å²) in [5.74, 6) is 2.00. The average Bonchev–Trinajstić information content (AvgIpc) is 2.78. The van der Waals surface area contributed by atoms with Crippen LogP contribution >= 0.6 is 15.9 Å². The highest BCUT2D eigenvalue weighted by atomic mass is 79.9. The van der Waals surface area contributed by atoms with Gasteiger partial charge in [0.2, 0.25) is 0 Å². The standard InChI is InChI=1S/C14H16BrNO/c1-3-11-5-6-12(17-11)9-16-14-8-10(2)4-7-13(14)15/h4-8,16H,3,9H2,1-2H3. The van der Waals surface area contributed by atoms with Crippen LogP contribution in [0.1, 0.15) is 24.0 Å². The molecule has 0 unspecified atom stereocenters. The molecule has 0 amide bonds. The van der Waals surface area contributed by atoms with Crippen molar-refractivity contribution in [2.45, 2.75) is 26.8 Å². The number of rotatable bonds is 4. The van der Waals surface area contributed by atoms with Gasteiger partial charge in [-0.25, -0.2) is 0 Å². The number of hydrogen-bond acceptors (Lipinski definition) is 2. The van der Waals surface area contributed by atoms with Crippen LogP contribution in [0.5, 0.6) is 0 Å². The molecule has 0 fully saturated rings. The number of furan rings is 1. The Morgan fingerprint density at radius 3 is 2.65 bits per heavy atom. The molecule has 0 spiro atoms. The first-order chi connectivity index (χ1) is 8.19. The van der Waals surface area contributed by atoms with Crippen LogP contribution in [0.4, 0.5) is 5.69 Å². The lowest BCUT2D eigenvalue weighted by Gasteiger charge is -2.07. The molecule has 1 heterocycles. The summed E-state index contributed by atoms with van der Waals surface area (Å²) in [5.41, 5.74) is 2.34. The molecule has 0 bridgehead atoms. The Morgan fingerprint density at radius 2 is 1.94 bits per heavy atom. The van der Waals surface area contributed by atoms with E-state index in [-0.39, 0.29) is 0 Å². The molecule has 2 nitrogen and oxygen atoms in total. The molecule has 3 heteroatoms. The Bertz CT molecular complexity index is 505. The molecule has 0 aliphatic heterocycles. The van der Waals surface area contributed by atoms with Crippen molar-refractivity contribution in [3.63, 3.8) is 0 Å². The SMILES string of the molecule is CCc1ccc(CNc2cc(C)ccc2Br)o1. The highest BCUT2D eigenvalue weighted by Gasteiger charge is 2.03. The summed E-state index contributed by atoms with van der Waals surface area (Å²) in [7, 11) is 0. The number of hydrogen-bond donors (Lipinski definition) is 1. The molecule has 2 aromatic rings. The summed E-state index contributed by atoms with van der Waals surface area (Å²) in [6.45, 7) is 4.88. The third kappa shape index (κ3) is 3.13. The van der Waals surface area contributed by atoms with E-state index in [0.717, 1.165) is 28.1 Å². The zero-order chi connectivity index (χ0) is 12.3. The van der Waals surface area contributed by atoms with E-state index in [0.29, 0.717) is 6.54 Å². The normalized spacial score (nSPS) is 10.5. The van der Waals surface area contributed by atoms with E-state index in [2.05, 4.69) is 53.3 Å². The Balaban J connectivity index is 2.04. The van der Waals surface area contributed by atoms with Crippen molar-refractivity contribution >= 4 is 21.6 Å². The van der Waals surface area contributed by atoms with Crippen molar-refractivity contribution in [1.82, 2.24) is 0 Å². The van der Waals surface area contributed by atoms with Gasteiger partial charge in [0.05, 0.1) is 6.54 Å². The minimum absolute atomic E-state index is 0.710. The lowest BCUT2D eigenvalue weighted by Crippen LogP contribution is -1.99. The number of anilines is 1. The Kier molecular flexibility index (Phi) is 3.89. The van der Waals surface area contributed by atoms with Crippen molar-refractivity contribution in [3.05, 3.63) is 51.9 Å². The van der Waals surface area contributed by atoms with Gasteiger partial charge in [0.25, 0.3) is 0 Å². The fraction of sp³-hybridized carbons (Fsp3) is 0.286. The maximum atomic E-state index is 5.65. The fourth-order valence-electron chi connectivity index (χ4n) is 1.66. The van der Waals surface area contributed by atoms with Crippen LogP contribution in [0.2, 0.25) is 0 Å². The summed E-state index contributed by atoms with van der Waals surface area (Å²) >= 11 is 3.53. The van der Waals surface area contributed by atoms with E-state index < -0.39 is 0 Å². The number of benzene rings is 1. The monoisotopic (exact) mass is 293 g/mol. The van der Waals surface area contributed by atoms with Gasteiger partial charge in [0.15, 0.2) is 0 Å². The predicted octanol–water partition coefficient (Wildman–Crippen LogP) is 4.53. The molecule has 1 aromatic heterocycles. The average molecular weight is 294 g/mol. The summed E-state index contributed by atoms with van der Waals surface area (Å²) in [4.78, 5) is 0. The van der Waals surface area contributed by atoms with Crippen LogP contribution in [0, 0.1) is 6.92 Å². The molecule has 0 saturated carbocycles. The molecule has 0 aliphatic carbocycles. The van der Waals surface area contributed by atoms with Crippen LogP contribution in [-0.2, 0) is 13.0 Å². The largest absolute Gasteiger partial charge is 0.464 e. The zero-order valence-electron chi connectivity index (χ0n) is 10.1. The highest BCUT2D eigenvalue weighted by Crippen LogP contribution is 2.24. The van der Waals surface area contributed by atoms with E-state index in [1.54, 1.807) is 0 Å². The first kappa shape index (κ1) is 12.2. The molecule has 2 rings (SSSR count). The Hall–Kier alpha value is -1.22. The van der Waals surface area contributed by atoms with Crippen LogP contribution in [0.3, 0.4) is 0 Å². The molecule has 1 N–H and O–H groups in total. The summed E-state index contributed by atoms with van der Waals surface area (Å²) < 4.78 is 6.72. The number of nitrogens with one attached hydrogen (secondary N) is 1. The van der Waals surface area contributed by atoms with Crippen LogP contribution in [0.15, 0.2) is 39.2 Å². The van der Waals surface area contributed by atoms with Gasteiger partial charge >= 0.3 is 0 Å². The van der Waals surface area contributed by atoms with Crippen molar-refractivity contribution in [3.8, 4) is 0 Å². The van der Waals surface area contributed by atoms with Gasteiger partial charge in [-0.2, -0.15) is 0 Å². The number of halogens is 1. The second kappa shape index (κ2) is 5.41. The molecule has 0 radical (unpaired) electrons. The van der Waals surface area contributed by atoms with Gasteiger partial charge in [-0.05, 0) is 52.7 Å². The van der Waals surface area contributed by atoms with Crippen LogP contribution < -0.4 is 5.32 Å². The molecule has 1 aromatic carbocycles. The fourth-order valence-corrected chi connectivity index (χ4v) is 2.05. The molecule has 0 atom stereocenters. The quantitative estimate of drug-likeness (QED) is 0.896. The second-order valence-electron chi connectivity index (χ2n) is 4.06. The Morgan fingerprint density at radius 1 is 1.18 bits per heavy atom. The smallest absolute Gasteiger partial charge is 0.123 e. The van der Waals surface area contributed by atoms with Gasteiger partial charge < -0.3 is 9.73 Å².